The van der Waals surface area contributed by atoms with Crippen LogP contribution in [-0.4, -0.2) is 64.1 Å². The van der Waals surface area contributed by atoms with E-state index in [-0.39, 0.29) is 18.2 Å². The number of likely N-dealkylation sites (tertiary alicyclic amines) is 1. The molecule has 2 aromatic rings. The molecule has 0 unspecified atom stereocenters. The lowest BCUT2D eigenvalue weighted by Gasteiger charge is -2.20. The van der Waals surface area contributed by atoms with E-state index < -0.39 is 0 Å². The van der Waals surface area contributed by atoms with Crippen molar-refractivity contribution in [2.45, 2.75) is 38.6 Å². The fourth-order valence-electron chi connectivity index (χ4n) is 3.19. The Balaban J connectivity index is 1.58. The first-order valence-electron chi connectivity index (χ1n) is 8.81. The van der Waals surface area contributed by atoms with Gasteiger partial charge in [-0.25, -0.2) is 14.5 Å². The number of hydrogen-bond acceptors (Lipinski definition) is 5. The second-order valence-corrected chi connectivity index (χ2v) is 6.82. The van der Waals surface area contributed by atoms with Crippen LogP contribution >= 0.6 is 0 Å². The van der Waals surface area contributed by atoms with Crippen molar-refractivity contribution in [2.24, 2.45) is 0 Å². The highest BCUT2D eigenvalue weighted by atomic mass is 16.5. The van der Waals surface area contributed by atoms with Crippen molar-refractivity contribution in [3.05, 3.63) is 42.5 Å². The lowest BCUT2D eigenvalue weighted by atomic mass is 10.2. The summed E-state index contributed by atoms with van der Waals surface area (Å²) in [6.07, 6.45) is 3.17. The zero-order chi connectivity index (χ0) is 18.5. The van der Waals surface area contributed by atoms with E-state index in [0.29, 0.717) is 12.6 Å². The Kier molecular flexibility index (Phi) is 5.85. The summed E-state index contributed by atoms with van der Waals surface area (Å²) in [6.45, 7) is 6.52. The van der Waals surface area contributed by atoms with Crippen molar-refractivity contribution < 1.29 is 9.53 Å². The molecule has 26 heavy (non-hydrogen) atoms. The lowest BCUT2D eigenvalue weighted by Crippen LogP contribution is -2.45. The minimum Gasteiger partial charge on any atom is -0.378 e. The predicted octanol–water partition coefficient (Wildman–Crippen LogP) is 1.56. The summed E-state index contributed by atoms with van der Waals surface area (Å²) in [6, 6.07) is 7.88. The van der Waals surface area contributed by atoms with Crippen LogP contribution in [0.5, 0.6) is 0 Å². The second kappa shape index (κ2) is 8.29. The maximum Gasteiger partial charge on any atom is 0.319 e. The minimum atomic E-state index is -0.222. The smallest absolute Gasteiger partial charge is 0.319 e. The molecule has 1 fully saturated rings. The van der Waals surface area contributed by atoms with Gasteiger partial charge < -0.3 is 15.4 Å². The largest absolute Gasteiger partial charge is 0.378 e. The van der Waals surface area contributed by atoms with Crippen molar-refractivity contribution in [3.8, 4) is 0 Å². The molecule has 2 atom stereocenters. The molecule has 1 aliphatic heterocycles. The van der Waals surface area contributed by atoms with E-state index in [1.54, 1.807) is 18.1 Å². The number of nitrogens with one attached hydrogen (secondary N) is 2. The van der Waals surface area contributed by atoms with Crippen LogP contribution in [-0.2, 0) is 11.3 Å². The Morgan fingerprint density at radius 1 is 1.38 bits per heavy atom. The van der Waals surface area contributed by atoms with Crippen LogP contribution in [0.3, 0.4) is 0 Å². The Bertz CT molecular complexity index is 718. The third-order valence-corrected chi connectivity index (χ3v) is 4.64. The Labute approximate surface area is 153 Å². The number of benzene rings is 1. The van der Waals surface area contributed by atoms with E-state index in [9.17, 15) is 4.79 Å². The lowest BCUT2D eigenvalue weighted by molar-refractivity contribution is 0.0896. The van der Waals surface area contributed by atoms with Crippen LogP contribution in [0.15, 0.2) is 36.9 Å². The molecule has 0 saturated carbocycles. The maximum absolute atomic E-state index is 12.4. The second-order valence-electron chi connectivity index (χ2n) is 6.82. The Morgan fingerprint density at radius 3 is 2.92 bits per heavy atom. The first kappa shape index (κ1) is 18.3. The summed E-state index contributed by atoms with van der Waals surface area (Å²) in [7, 11) is 1.69. The number of nitrogens with zero attached hydrogens (tertiary/aromatic N) is 4. The molecule has 0 bridgehead atoms. The van der Waals surface area contributed by atoms with Gasteiger partial charge in [-0.05, 0) is 31.5 Å². The molecule has 2 heterocycles. The molecule has 8 heteroatoms. The molecular weight excluding hydrogens is 332 g/mol. The molecule has 3 rings (SSSR count). The van der Waals surface area contributed by atoms with Gasteiger partial charge >= 0.3 is 6.03 Å². The summed E-state index contributed by atoms with van der Waals surface area (Å²) in [5.41, 5.74) is 1.78. The van der Waals surface area contributed by atoms with E-state index in [4.69, 9.17) is 4.74 Å². The number of hydrogen-bond donors (Lipinski definition) is 2. The molecule has 2 amide bonds. The first-order valence-corrected chi connectivity index (χ1v) is 8.81. The SMILES string of the molecule is CO[C@H]1CN(C(C)C)C[C@@H]1NC(=O)Nc1cccc(Cn2cncn2)c1. The fraction of sp³-hybridized carbons (Fsp3) is 0.500. The van der Waals surface area contributed by atoms with Gasteiger partial charge in [-0.1, -0.05) is 12.1 Å². The number of methoxy groups -OCH3 is 1. The number of rotatable bonds is 6. The van der Waals surface area contributed by atoms with Crippen LogP contribution in [0, 0.1) is 0 Å². The molecule has 140 valence electrons. The van der Waals surface area contributed by atoms with Gasteiger partial charge in [0.2, 0.25) is 0 Å². The van der Waals surface area contributed by atoms with Gasteiger partial charge in [0.15, 0.2) is 0 Å². The van der Waals surface area contributed by atoms with E-state index in [2.05, 4.69) is 39.5 Å². The summed E-state index contributed by atoms with van der Waals surface area (Å²) in [4.78, 5) is 18.7. The highest BCUT2D eigenvalue weighted by Crippen LogP contribution is 2.16. The fourth-order valence-corrected chi connectivity index (χ4v) is 3.19. The third kappa shape index (κ3) is 4.59. The van der Waals surface area contributed by atoms with Crippen LogP contribution in [0.2, 0.25) is 0 Å². The van der Waals surface area contributed by atoms with Crippen molar-refractivity contribution in [1.29, 1.82) is 0 Å². The zero-order valence-corrected chi connectivity index (χ0v) is 15.4. The molecule has 1 saturated heterocycles. The van der Waals surface area contributed by atoms with Crippen LogP contribution in [0.4, 0.5) is 10.5 Å². The molecule has 1 aromatic carbocycles. The number of amides is 2. The standard InChI is InChI=1S/C18H26N6O2/c1-13(2)23-9-16(17(10-23)26-3)22-18(25)21-15-6-4-5-14(7-15)8-24-12-19-11-20-24/h4-7,11-13,16-17H,8-10H2,1-3H3,(H2,21,22,25)/t16-,17-/m0/s1. The van der Waals surface area contributed by atoms with Crippen molar-refractivity contribution in [2.75, 3.05) is 25.5 Å². The molecule has 0 radical (unpaired) electrons. The number of carbonyl (C=O) groups excluding carboxylic acids is 1. The zero-order valence-electron chi connectivity index (χ0n) is 15.4. The number of aromatic nitrogens is 3. The Hall–Kier alpha value is -2.45. The predicted molar refractivity (Wildman–Crippen MR) is 99.0 cm³/mol. The maximum atomic E-state index is 12.4. The number of ether oxygens (including phenoxy) is 1. The van der Waals surface area contributed by atoms with Crippen LogP contribution < -0.4 is 10.6 Å². The highest BCUT2D eigenvalue weighted by Gasteiger charge is 2.34. The van der Waals surface area contributed by atoms with Gasteiger partial charge in [-0.3, -0.25) is 4.90 Å². The summed E-state index contributed by atoms with van der Waals surface area (Å²) in [5, 5.41) is 10.0. The number of anilines is 1. The van der Waals surface area contributed by atoms with Crippen LogP contribution in [0.25, 0.3) is 0 Å². The molecule has 1 aromatic heterocycles. The Morgan fingerprint density at radius 2 is 2.23 bits per heavy atom. The minimum absolute atomic E-state index is 0.00167. The summed E-state index contributed by atoms with van der Waals surface area (Å²) < 4.78 is 7.27. The number of urea groups is 1. The molecule has 0 aliphatic carbocycles. The van der Waals surface area contributed by atoms with Gasteiger partial charge in [0, 0.05) is 31.9 Å². The summed E-state index contributed by atoms with van der Waals surface area (Å²) >= 11 is 0. The highest BCUT2D eigenvalue weighted by molar-refractivity contribution is 5.89. The van der Waals surface area contributed by atoms with Gasteiger partial charge in [0.1, 0.15) is 12.7 Å². The van der Waals surface area contributed by atoms with E-state index in [1.165, 1.54) is 6.33 Å². The van der Waals surface area contributed by atoms with Crippen molar-refractivity contribution in [1.82, 2.24) is 25.0 Å². The average Bonchev–Trinajstić information content (AvgIpc) is 3.24. The van der Waals surface area contributed by atoms with E-state index in [1.807, 2.05) is 24.3 Å². The monoisotopic (exact) mass is 358 g/mol. The van der Waals surface area contributed by atoms with E-state index in [0.717, 1.165) is 24.3 Å². The number of carbonyl (C=O) groups is 1. The van der Waals surface area contributed by atoms with Crippen molar-refractivity contribution >= 4 is 11.7 Å². The molecular formula is C18H26N6O2. The van der Waals surface area contributed by atoms with Gasteiger partial charge in [0.05, 0.1) is 18.7 Å². The van der Waals surface area contributed by atoms with Gasteiger partial charge in [-0.15, -0.1) is 0 Å². The van der Waals surface area contributed by atoms with Gasteiger partial charge in [0.25, 0.3) is 0 Å². The average molecular weight is 358 g/mol. The topological polar surface area (TPSA) is 84.3 Å². The molecule has 1 aliphatic rings. The quantitative estimate of drug-likeness (QED) is 0.819. The van der Waals surface area contributed by atoms with Crippen LogP contribution in [0.1, 0.15) is 19.4 Å². The molecule has 0 spiro atoms. The molecule has 2 N–H and O–H groups in total. The summed E-state index contributed by atoms with van der Waals surface area (Å²) in [5.74, 6) is 0. The first-order chi connectivity index (χ1) is 12.5. The van der Waals surface area contributed by atoms with Gasteiger partial charge in [-0.2, -0.15) is 5.10 Å². The normalized spacial score (nSPS) is 20.5. The van der Waals surface area contributed by atoms with E-state index >= 15 is 0 Å². The third-order valence-electron chi connectivity index (χ3n) is 4.64. The van der Waals surface area contributed by atoms with Crippen molar-refractivity contribution in [3.63, 3.8) is 0 Å². The molecule has 8 nitrogen and oxygen atoms in total.